The van der Waals surface area contributed by atoms with Crippen LogP contribution in [0, 0.1) is 6.92 Å². The van der Waals surface area contributed by atoms with E-state index in [1.807, 2.05) is 13.0 Å². The molecule has 30 heavy (non-hydrogen) atoms. The van der Waals surface area contributed by atoms with Crippen molar-refractivity contribution in [2.24, 2.45) is 0 Å². The van der Waals surface area contributed by atoms with Crippen molar-refractivity contribution in [3.8, 4) is 0 Å². The molecule has 10 nitrogen and oxygen atoms in total. The maximum absolute atomic E-state index is 13.1. The molecule has 0 aliphatic carbocycles. The first-order valence-electron chi connectivity index (χ1n) is 10.2. The van der Waals surface area contributed by atoms with Crippen LogP contribution in [-0.4, -0.2) is 62.8 Å². The topological polar surface area (TPSA) is 104 Å². The Morgan fingerprint density at radius 1 is 1.30 bits per heavy atom. The summed E-state index contributed by atoms with van der Waals surface area (Å²) in [5.41, 5.74) is 4.58. The molecule has 1 saturated heterocycles. The lowest BCUT2D eigenvalue weighted by Gasteiger charge is -2.41. The number of urea groups is 1. The summed E-state index contributed by atoms with van der Waals surface area (Å²) in [4.78, 5) is 21.7. The summed E-state index contributed by atoms with van der Waals surface area (Å²) in [6.45, 7) is 9.75. The number of hydrogen-bond donors (Lipinski definition) is 2. The van der Waals surface area contributed by atoms with Gasteiger partial charge in [-0.05, 0) is 55.3 Å². The number of fused-ring (bicyclic) bond motifs is 2. The minimum absolute atomic E-state index is 0.0520. The normalized spacial score (nSPS) is 18.0. The summed E-state index contributed by atoms with van der Waals surface area (Å²) >= 11 is 0. The SMILES string of the molecule is Cc1cc2nnnn2cc1NC(=O)N1CCc2c(N3CCNC(C)(C)C3)ccnc21. The molecule has 2 aliphatic rings. The van der Waals surface area contributed by atoms with Crippen molar-refractivity contribution < 1.29 is 4.79 Å². The van der Waals surface area contributed by atoms with Crippen molar-refractivity contribution in [1.82, 2.24) is 30.3 Å². The third-order valence-corrected chi connectivity index (χ3v) is 5.79. The second kappa shape index (κ2) is 6.91. The maximum atomic E-state index is 13.1. The molecule has 2 amide bonds. The summed E-state index contributed by atoms with van der Waals surface area (Å²) in [5, 5.41) is 18.0. The lowest BCUT2D eigenvalue weighted by Crippen LogP contribution is -2.57. The smallest absolute Gasteiger partial charge is 0.327 e. The van der Waals surface area contributed by atoms with Crippen LogP contribution in [0.4, 0.5) is 22.0 Å². The molecule has 0 aromatic carbocycles. The highest BCUT2D eigenvalue weighted by molar-refractivity contribution is 6.03. The Hall–Kier alpha value is -3.27. The number of anilines is 3. The minimum atomic E-state index is -0.199. The van der Waals surface area contributed by atoms with Crippen LogP contribution in [0.25, 0.3) is 5.65 Å². The molecule has 10 heteroatoms. The summed E-state index contributed by atoms with van der Waals surface area (Å²) in [5.74, 6) is 0.738. The van der Waals surface area contributed by atoms with Gasteiger partial charge in [0.15, 0.2) is 5.65 Å². The van der Waals surface area contributed by atoms with Crippen molar-refractivity contribution in [3.05, 3.63) is 35.7 Å². The summed E-state index contributed by atoms with van der Waals surface area (Å²) in [7, 11) is 0. The van der Waals surface area contributed by atoms with E-state index in [0.717, 1.165) is 43.0 Å². The zero-order valence-electron chi connectivity index (χ0n) is 17.4. The number of rotatable bonds is 2. The highest BCUT2D eigenvalue weighted by atomic mass is 16.2. The van der Waals surface area contributed by atoms with Gasteiger partial charge in [-0.3, -0.25) is 4.90 Å². The number of aromatic nitrogens is 5. The van der Waals surface area contributed by atoms with E-state index in [-0.39, 0.29) is 11.6 Å². The molecule has 0 spiro atoms. The third kappa shape index (κ3) is 3.22. The number of tetrazole rings is 1. The zero-order chi connectivity index (χ0) is 20.9. The Labute approximate surface area is 174 Å². The number of aryl methyl sites for hydroxylation is 1. The molecule has 0 atom stereocenters. The number of carbonyl (C=O) groups excluding carboxylic acids is 1. The lowest BCUT2D eigenvalue weighted by molar-refractivity contribution is 0.257. The summed E-state index contributed by atoms with van der Waals surface area (Å²) < 4.78 is 1.54. The van der Waals surface area contributed by atoms with Crippen molar-refractivity contribution >= 4 is 28.9 Å². The van der Waals surface area contributed by atoms with Crippen LogP contribution in [0.15, 0.2) is 24.5 Å². The van der Waals surface area contributed by atoms with E-state index in [9.17, 15) is 4.79 Å². The van der Waals surface area contributed by atoms with Gasteiger partial charge in [0.05, 0.1) is 11.9 Å². The fraction of sp³-hybridized carbons (Fsp3) is 0.450. The van der Waals surface area contributed by atoms with Gasteiger partial charge in [-0.15, -0.1) is 5.10 Å². The number of pyridine rings is 2. The fourth-order valence-electron chi connectivity index (χ4n) is 4.31. The fourth-order valence-corrected chi connectivity index (χ4v) is 4.31. The first kappa shape index (κ1) is 18.7. The summed E-state index contributed by atoms with van der Waals surface area (Å²) in [6, 6.07) is 3.71. The van der Waals surface area contributed by atoms with Crippen LogP contribution in [0.1, 0.15) is 25.0 Å². The Bertz CT molecular complexity index is 1120. The maximum Gasteiger partial charge on any atom is 0.327 e. The number of nitrogens with zero attached hydrogens (tertiary/aromatic N) is 7. The molecule has 0 bridgehead atoms. The zero-order valence-corrected chi connectivity index (χ0v) is 17.4. The average Bonchev–Trinajstić information content (AvgIpc) is 3.33. The molecular formula is C20H25N9O. The van der Waals surface area contributed by atoms with Gasteiger partial charge in [0.25, 0.3) is 0 Å². The lowest BCUT2D eigenvalue weighted by atomic mass is 10.0. The molecule has 2 N–H and O–H groups in total. The predicted molar refractivity (Wildman–Crippen MR) is 114 cm³/mol. The number of piperazine rings is 1. The number of amides is 2. The molecule has 156 valence electrons. The Balaban J connectivity index is 1.40. The van der Waals surface area contributed by atoms with E-state index in [1.165, 1.54) is 5.69 Å². The highest BCUT2D eigenvalue weighted by Gasteiger charge is 2.32. The Morgan fingerprint density at radius 3 is 3.00 bits per heavy atom. The number of nitrogens with one attached hydrogen (secondary N) is 2. The van der Waals surface area contributed by atoms with Crippen LogP contribution in [0.5, 0.6) is 0 Å². The van der Waals surface area contributed by atoms with Crippen molar-refractivity contribution in [2.75, 3.05) is 41.3 Å². The third-order valence-electron chi connectivity index (χ3n) is 5.79. The van der Waals surface area contributed by atoms with Crippen molar-refractivity contribution in [2.45, 2.75) is 32.7 Å². The van der Waals surface area contributed by atoms with Gasteiger partial charge in [-0.2, -0.15) is 4.52 Å². The Kier molecular flexibility index (Phi) is 4.31. The van der Waals surface area contributed by atoms with Crippen LogP contribution in [0.2, 0.25) is 0 Å². The van der Waals surface area contributed by atoms with E-state index in [0.29, 0.717) is 17.9 Å². The predicted octanol–water partition coefficient (Wildman–Crippen LogP) is 1.61. The molecule has 3 aromatic rings. The van der Waals surface area contributed by atoms with Gasteiger partial charge in [-0.1, -0.05) is 0 Å². The second-order valence-corrected chi connectivity index (χ2v) is 8.55. The van der Waals surface area contributed by atoms with Crippen molar-refractivity contribution in [3.63, 3.8) is 0 Å². The van der Waals surface area contributed by atoms with E-state index in [1.54, 1.807) is 21.8 Å². The molecule has 3 aromatic heterocycles. The van der Waals surface area contributed by atoms with Crippen LogP contribution in [0.3, 0.4) is 0 Å². The molecule has 1 fully saturated rings. The molecular weight excluding hydrogens is 382 g/mol. The van der Waals surface area contributed by atoms with Crippen LogP contribution in [-0.2, 0) is 6.42 Å². The van der Waals surface area contributed by atoms with Gasteiger partial charge in [0.2, 0.25) is 0 Å². The quantitative estimate of drug-likeness (QED) is 0.665. The molecule has 2 aliphatic heterocycles. The van der Waals surface area contributed by atoms with Gasteiger partial charge in [0, 0.05) is 49.2 Å². The molecule has 5 heterocycles. The molecule has 0 saturated carbocycles. The largest absolute Gasteiger partial charge is 0.368 e. The van der Waals surface area contributed by atoms with E-state index in [4.69, 9.17) is 0 Å². The van der Waals surface area contributed by atoms with Crippen LogP contribution < -0.4 is 20.4 Å². The minimum Gasteiger partial charge on any atom is -0.368 e. The highest BCUT2D eigenvalue weighted by Crippen LogP contribution is 2.35. The second-order valence-electron chi connectivity index (χ2n) is 8.55. The standard InChI is InChI=1S/C20H25N9O/c1-13-10-17-24-25-26-29(17)11-15(13)23-19(30)28-8-5-14-16(4-6-21-18(14)28)27-9-7-22-20(2,3)12-27/h4,6,10-11,22H,5,7-9,12H2,1-3H3,(H,23,30). The van der Waals surface area contributed by atoms with Gasteiger partial charge in [-0.25, -0.2) is 9.78 Å². The molecule has 5 rings (SSSR count). The van der Waals surface area contributed by atoms with Gasteiger partial charge < -0.3 is 15.5 Å². The molecule has 0 radical (unpaired) electrons. The van der Waals surface area contributed by atoms with E-state index in [2.05, 4.69) is 56.0 Å². The van der Waals surface area contributed by atoms with Gasteiger partial charge >= 0.3 is 6.03 Å². The van der Waals surface area contributed by atoms with Crippen LogP contribution >= 0.6 is 0 Å². The number of hydrogen-bond acceptors (Lipinski definition) is 7. The Morgan fingerprint density at radius 2 is 2.17 bits per heavy atom. The first-order valence-corrected chi connectivity index (χ1v) is 10.2. The number of carbonyl (C=O) groups is 1. The monoisotopic (exact) mass is 407 g/mol. The van der Waals surface area contributed by atoms with E-state index < -0.39 is 0 Å². The summed E-state index contributed by atoms with van der Waals surface area (Å²) in [6.07, 6.45) is 4.32. The molecule has 0 unspecified atom stereocenters. The van der Waals surface area contributed by atoms with E-state index >= 15 is 0 Å². The first-order chi connectivity index (χ1) is 14.4. The average molecular weight is 407 g/mol. The van der Waals surface area contributed by atoms with Gasteiger partial charge in [0.1, 0.15) is 5.82 Å². The van der Waals surface area contributed by atoms with Crippen molar-refractivity contribution in [1.29, 1.82) is 0 Å².